The Hall–Kier alpha value is -0.0800. The number of ether oxygens (including phenoxy) is 1. The molecule has 1 aliphatic heterocycles. The van der Waals surface area contributed by atoms with E-state index in [2.05, 4.69) is 33.0 Å². The Bertz CT molecular complexity index is 173. The first kappa shape index (κ1) is 13.0. The van der Waals surface area contributed by atoms with E-state index >= 15 is 0 Å². The summed E-state index contributed by atoms with van der Waals surface area (Å²) >= 11 is 0. The molecular weight excluding hydrogens is 186 g/mol. The Morgan fingerprint density at radius 1 is 1.33 bits per heavy atom. The lowest BCUT2D eigenvalue weighted by Gasteiger charge is -2.35. The molecule has 2 heteroatoms. The van der Waals surface area contributed by atoms with Crippen molar-refractivity contribution < 1.29 is 4.74 Å². The van der Waals surface area contributed by atoms with Crippen molar-refractivity contribution in [2.45, 2.75) is 53.0 Å². The van der Waals surface area contributed by atoms with Gasteiger partial charge in [0, 0.05) is 24.6 Å². The highest BCUT2D eigenvalue weighted by atomic mass is 16.5. The summed E-state index contributed by atoms with van der Waals surface area (Å²) in [6.45, 7) is 12.1. The lowest BCUT2D eigenvalue weighted by molar-refractivity contribution is 0.104. The molecule has 0 amide bonds. The van der Waals surface area contributed by atoms with E-state index in [4.69, 9.17) is 4.74 Å². The van der Waals surface area contributed by atoms with E-state index in [1.807, 2.05) is 0 Å². The van der Waals surface area contributed by atoms with E-state index in [0.717, 1.165) is 25.7 Å². The number of hydrogen-bond acceptors (Lipinski definition) is 2. The van der Waals surface area contributed by atoms with Gasteiger partial charge in [0.1, 0.15) is 0 Å². The van der Waals surface area contributed by atoms with Gasteiger partial charge >= 0.3 is 0 Å². The van der Waals surface area contributed by atoms with Gasteiger partial charge in [0.2, 0.25) is 0 Å². The maximum atomic E-state index is 5.62. The van der Waals surface area contributed by atoms with Crippen LogP contribution in [0.2, 0.25) is 0 Å². The van der Waals surface area contributed by atoms with Gasteiger partial charge in [-0.05, 0) is 12.3 Å². The largest absolute Gasteiger partial charge is 0.381 e. The topological polar surface area (TPSA) is 21.3 Å². The molecule has 2 atom stereocenters. The minimum atomic E-state index is 0.403. The van der Waals surface area contributed by atoms with Crippen molar-refractivity contribution in [3.63, 3.8) is 0 Å². The van der Waals surface area contributed by atoms with Crippen LogP contribution in [0.5, 0.6) is 0 Å². The first-order valence-corrected chi connectivity index (χ1v) is 6.42. The van der Waals surface area contributed by atoms with Crippen molar-refractivity contribution in [1.29, 1.82) is 0 Å². The fraction of sp³-hybridized carbons (Fsp3) is 1.00. The molecule has 1 saturated heterocycles. The summed E-state index contributed by atoms with van der Waals surface area (Å²) in [4.78, 5) is 0. The number of nitrogens with one attached hydrogen (secondary N) is 1. The molecule has 0 aromatic rings. The summed E-state index contributed by atoms with van der Waals surface area (Å²) in [6.07, 6.45) is 3.83. The molecule has 0 aliphatic carbocycles. The lowest BCUT2D eigenvalue weighted by atomic mass is 9.73. The fourth-order valence-corrected chi connectivity index (χ4v) is 2.47. The summed E-state index contributed by atoms with van der Waals surface area (Å²) < 4.78 is 5.62. The molecule has 15 heavy (non-hydrogen) atoms. The SMILES string of the molecule is CCCC(C)C1(CNC(C)C)CCOC1. The molecule has 1 fully saturated rings. The van der Waals surface area contributed by atoms with E-state index in [1.165, 1.54) is 19.3 Å². The zero-order valence-electron chi connectivity index (χ0n) is 10.8. The summed E-state index contributed by atoms with van der Waals surface area (Å²) in [5.41, 5.74) is 0.403. The average molecular weight is 213 g/mol. The highest BCUT2D eigenvalue weighted by Crippen LogP contribution is 2.38. The van der Waals surface area contributed by atoms with Crippen LogP contribution in [-0.2, 0) is 4.74 Å². The van der Waals surface area contributed by atoms with E-state index in [9.17, 15) is 0 Å². The highest BCUT2D eigenvalue weighted by Gasteiger charge is 2.39. The molecule has 1 aliphatic rings. The van der Waals surface area contributed by atoms with Crippen molar-refractivity contribution >= 4 is 0 Å². The van der Waals surface area contributed by atoms with Gasteiger partial charge in [-0.2, -0.15) is 0 Å². The predicted octanol–water partition coefficient (Wildman–Crippen LogP) is 2.83. The molecule has 0 spiro atoms. The Labute approximate surface area is 94.8 Å². The normalized spacial score (nSPS) is 28.6. The maximum Gasteiger partial charge on any atom is 0.0538 e. The average Bonchev–Trinajstić information content (AvgIpc) is 2.65. The quantitative estimate of drug-likeness (QED) is 0.732. The zero-order valence-corrected chi connectivity index (χ0v) is 10.8. The second-order valence-electron chi connectivity index (χ2n) is 5.39. The van der Waals surface area contributed by atoms with Gasteiger partial charge in [0.25, 0.3) is 0 Å². The Balaban J connectivity index is 2.53. The third-order valence-corrected chi connectivity index (χ3v) is 3.76. The van der Waals surface area contributed by atoms with Gasteiger partial charge in [0.15, 0.2) is 0 Å². The first-order chi connectivity index (χ1) is 7.10. The van der Waals surface area contributed by atoms with E-state index in [1.54, 1.807) is 0 Å². The van der Waals surface area contributed by atoms with Gasteiger partial charge in [-0.25, -0.2) is 0 Å². The van der Waals surface area contributed by atoms with Crippen LogP contribution >= 0.6 is 0 Å². The molecule has 2 nitrogen and oxygen atoms in total. The third kappa shape index (κ3) is 3.46. The molecule has 1 N–H and O–H groups in total. The summed E-state index contributed by atoms with van der Waals surface area (Å²) in [5.74, 6) is 0.774. The van der Waals surface area contributed by atoms with Gasteiger partial charge in [-0.1, -0.05) is 40.5 Å². The van der Waals surface area contributed by atoms with Crippen LogP contribution in [0.3, 0.4) is 0 Å². The smallest absolute Gasteiger partial charge is 0.0538 e. The third-order valence-electron chi connectivity index (χ3n) is 3.76. The standard InChI is InChI=1S/C13H27NO/c1-5-6-12(4)13(7-8-15-10-13)9-14-11(2)3/h11-12,14H,5-10H2,1-4H3. The maximum absolute atomic E-state index is 5.62. The van der Waals surface area contributed by atoms with Crippen molar-refractivity contribution in [1.82, 2.24) is 5.32 Å². The van der Waals surface area contributed by atoms with E-state index in [-0.39, 0.29) is 0 Å². The monoisotopic (exact) mass is 213 g/mol. The Kier molecular flexibility index (Phi) is 5.07. The minimum Gasteiger partial charge on any atom is -0.381 e. The van der Waals surface area contributed by atoms with Crippen LogP contribution in [0.25, 0.3) is 0 Å². The van der Waals surface area contributed by atoms with Crippen LogP contribution < -0.4 is 5.32 Å². The van der Waals surface area contributed by atoms with Crippen LogP contribution in [0.4, 0.5) is 0 Å². The molecule has 1 heterocycles. The molecule has 0 radical (unpaired) electrons. The van der Waals surface area contributed by atoms with E-state index in [0.29, 0.717) is 11.5 Å². The zero-order chi connectivity index (χ0) is 11.3. The molecule has 0 aromatic carbocycles. The minimum absolute atomic E-state index is 0.403. The van der Waals surface area contributed by atoms with Crippen LogP contribution in [0.1, 0.15) is 47.0 Å². The molecular formula is C13H27NO. The molecule has 0 bridgehead atoms. The fourth-order valence-electron chi connectivity index (χ4n) is 2.47. The van der Waals surface area contributed by atoms with Gasteiger partial charge in [0.05, 0.1) is 6.61 Å². The highest BCUT2D eigenvalue weighted by molar-refractivity contribution is 4.90. The molecule has 90 valence electrons. The Morgan fingerprint density at radius 2 is 2.07 bits per heavy atom. The predicted molar refractivity (Wildman–Crippen MR) is 65.1 cm³/mol. The first-order valence-electron chi connectivity index (χ1n) is 6.42. The molecule has 0 saturated carbocycles. The van der Waals surface area contributed by atoms with Crippen LogP contribution in [-0.4, -0.2) is 25.8 Å². The van der Waals surface area contributed by atoms with Crippen LogP contribution in [0.15, 0.2) is 0 Å². The van der Waals surface area contributed by atoms with Crippen molar-refractivity contribution in [2.24, 2.45) is 11.3 Å². The Morgan fingerprint density at radius 3 is 2.53 bits per heavy atom. The second kappa shape index (κ2) is 5.86. The van der Waals surface area contributed by atoms with Gasteiger partial charge < -0.3 is 10.1 Å². The molecule has 2 unspecified atom stereocenters. The summed E-state index contributed by atoms with van der Waals surface area (Å²) in [7, 11) is 0. The van der Waals surface area contributed by atoms with Gasteiger partial charge in [-0.15, -0.1) is 0 Å². The van der Waals surface area contributed by atoms with Crippen molar-refractivity contribution in [3.8, 4) is 0 Å². The number of hydrogen-bond donors (Lipinski definition) is 1. The molecule has 0 aromatic heterocycles. The lowest BCUT2D eigenvalue weighted by Crippen LogP contribution is -2.42. The molecule has 1 rings (SSSR count). The van der Waals surface area contributed by atoms with Gasteiger partial charge in [-0.3, -0.25) is 0 Å². The van der Waals surface area contributed by atoms with Crippen LogP contribution in [0, 0.1) is 11.3 Å². The van der Waals surface area contributed by atoms with Crippen molar-refractivity contribution in [3.05, 3.63) is 0 Å². The second-order valence-corrected chi connectivity index (χ2v) is 5.39. The summed E-state index contributed by atoms with van der Waals surface area (Å²) in [6, 6.07) is 0.580. The summed E-state index contributed by atoms with van der Waals surface area (Å²) in [5, 5.41) is 3.59. The number of rotatable bonds is 6. The van der Waals surface area contributed by atoms with Crippen molar-refractivity contribution in [2.75, 3.05) is 19.8 Å². The van der Waals surface area contributed by atoms with E-state index < -0.39 is 0 Å².